The first-order valence-electron chi connectivity index (χ1n) is 11.7. The van der Waals surface area contributed by atoms with Gasteiger partial charge in [0.05, 0.1) is 5.56 Å². The summed E-state index contributed by atoms with van der Waals surface area (Å²) in [5.41, 5.74) is 6.46. The largest absolute Gasteiger partial charge is 0.349 e. The maximum absolute atomic E-state index is 13.0. The fraction of sp³-hybridized carbons (Fsp3) is 0.444. The van der Waals surface area contributed by atoms with Crippen LogP contribution in [0, 0.1) is 6.92 Å². The molecule has 1 N–H and O–H groups in total. The molecule has 1 aliphatic rings. The minimum Gasteiger partial charge on any atom is -0.349 e. The van der Waals surface area contributed by atoms with Crippen LogP contribution < -0.4 is 5.32 Å². The molecule has 0 spiro atoms. The van der Waals surface area contributed by atoms with Crippen LogP contribution in [0.4, 0.5) is 0 Å². The second kappa shape index (κ2) is 11.1. The number of nitrogens with one attached hydrogen (secondary N) is 1. The number of carbonyl (C=O) groups excluding carboxylic acids is 2. The molecule has 2 aromatic rings. The number of carbonyl (C=O) groups is 2. The fourth-order valence-electron chi connectivity index (χ4n) is 4.50. The van der Waals surface area contributed by atoms with Crippen molar-refractivity contribution in [1.29, 1.82) is 0 Å². The van der Waals surface area contributed by atoms with Crippen LogP contribution >= 0.6 is 0 Å². The average Bonchev–Trinajstić information content (AvgIpc) is 2.81. The van der Waals surface area contributed by atoms with Gasteiger partial charge in [-0.1, -0.05) is 31.9 Å². The Kier molecular flexibility index (Phi) is 8.20. The van der Waals surface area contributed by atoms with Gasteiger partial charge in [0, 0.05) is 37.1 Å². The number of hydrogen-bond acceptors (Lipinski definition) is 3. The number of benzene rings is 1. The summed E-state index contributed by atoms with van der Waals surface area (Å²) < 4.78 is 0. The van der Waals surface area contributed by atoms with Gasteiger partial charge in [-0.25, -0.2) is 0 Å². The standard InChI is InChI=1S/C27H35N3O2/c1-5-8-19(3)24(6-2)25-17-21(11-10-20(25)4)26(31)29-23-12-15-30(16-13-23)27(32)22-9-7-14-28-18-22/h7,9-11,14,17-18,23H,5-6,8,12-13,15-16H2,1-4H3,(H,29,31)/b24-19+. The Balaban J connectivity index is 1.64. The lowest BCUT2D eigenvalue weighted by Crippen LogP contribution is -2.46. The third kappa shape index (κ3) is 5.64. The van der Waals surface area contributed by atoms with Crippen LogP contribution in [0.2, 0.25) is 0 Å². The third-order valence-electron chi connectivity index (χ3n) is 6.34. The van der Waals surface area contributed by atoms with E-state index in [-0.39, 0.29) is 17.9 Å². The number of aryl methyl sites for hydroxylation is 1. The maximum Gasteiger partial charge on any atom is 0.255 e. The van der Waals surface area contributed by atoms with E-state index in [1.807, 2.05) is 23.1 Å². The molecule has 1 saturated heterocycles. The molecule has 2 heterocycles. The highest BCUT2D eigenvalue weighted by atomic mass is 16.2. The van der Waals surface area contributed by atoms with E-state index in [9.17, 15) is 9.59 Å². The Hall–Kier alpha value is -2.95. The summed E-state index contributed by atoms with van der Waals surface area (Å²) in [5.74, 6) is -0.0285. The summed E-state index contributed by atoms with van der Waals surface area (Å²) in [6.07, 6.45) is 7.94. The van der Waals surface area contributed by atoms with E-state index in [2.05, 4.69) is 38.0 Å². The lowest BCUT2D eigenvalue weighted by molar-refractivity contribution is 0.0697. The van der Waals surface area contributed by atoms with Crippen molar-refractivity contribution in [3.63, 3.8) is 0 Å². The van der Waals surface area contributed by atoms with E-state index in [1.165, 1.54) is 22.3 Å². The summed E-state index contributed by atoms with van der Waals surface area (Å²) in [7, 11) is 0. The SMILES string of the molecule is CCC/C(C)=C(\CC)c1cc(C(=O)NC2CCN(C(=O)c3cccnc3)CC2)ccc1C. The second-order valence-electron chi connectivity index (χ2n) is 8.67. The van der Waals surface area contributed by atoms with Crippen molar-refractivity contribution >= 4 is 17.4 Å². The lowest BCUT2D eigenvalue weighted by Gasteiger charge is -2.32. The van der Waals surface area contributed by atoms with E-state index in [0.717, 1.165) is 32.1 Å². The molecule has 0 saturated carbocycles. The van der Waals surface area contributed by atoms with Gasteiger partial charge >= 0.3 is 0 Å². The van der Waals surface area contributed by atoms with E-state index in [1.54, 1.807) is 24.5 Å². The summed E-state index contributed by atoms with van der Waals surface area (Å²) in [6.45, 7) is 9.97. The summed E-state index contributed by atoms with van der Waals surface area (Å²) >= 11 is 0. The second-order valence-corrected chi connectivity index (χ2v) is 8.67. The Labute approximate surface area is 191 Å². The normalized spacial score (nSPS) is 15.3. The average molecular weight is 434 g/mol. The van der Waals surface area contributed by atoms with Crippen LogP contribution in [0.3, 0.4) is 0 Å². The Bertz CT molecular complexity index is 974. The molecule has 0 radical (unpaired) electrons. The quantitative estimate of drug-likeness (QED) is 0.635. The van der Waals surface area contributed by atoms with Crippen molar-refractivity contribution in [2.75, 3.05) is 13.1 Å². The van der Waals surface area contributed by atoms with Gasteiger partial charge in [-0.2, -0.15) is 0 Å². The molecule has 0 atom stereocenters. The van der Waals surface area contributed by atoms with Crippen molar-refractivity contribution in [1.82, 2.24) is 15.2 Å². The number of pyridine rings is 1. The van der Waals surface area contributed by atoms with Gasteiger partial charge in [-0.05, 0) is 80.5 Å². The lowest BCUT2D eigenvalue weighted by atomic mass is 9.91. The predicted molar refractivity (Wildman–Crippen MR) is 130 cm³/mol. The molecule has 170 valence electrons. The first-order valence-corrected chi connectivity index (χ1v) is 11.7. The van der Waals surface area contributed by atoms with Crippen molar-refractivity contribution in [2.24, 2.45) is 0 Å². The molecule has 0 unspecified atom stereocenters. The highest BCUT2D eigenvalue weighted by Gasteiger charge is 2.25. The zero-order valence-electron chi connectivity index (χ0n) is 19.8. The predicted octanol–water partition coefficient (Wildman–Crippen LogP) is 5.41. The van der Waals surface area contributed by atoms with Crippen LogP contribution in [0.5, 0.6) is 0 Å². The van der Waals surface area contributed by atoms with Gasteiger partial charge in [0.1, 0.15) is 0 Å². The zero-order chi connectivity index (χ0) is 23.1. The van der Waals surface area contributed by atoms with Crippen molar-refractivity contribution in [3.8, 4) is 0 Å². The fourth-order valence-corrected chi connectivity index (χ4v) is 4.50. The van der Waals surface area contributed by atoms with Gasteiger partial charge in [0.25, 0.3) is 11.8 Å². The van der Waals surface area contributed by atoms with E-state index in [0.29, 0.717) is 24.2 Å². The smallest absolute Gasteiger partial charge is 0.255 e. The summed E-state index contributed by atoms with van der Waals surface area (Å²) in [4.78, 5) is 31.5. The summed E-state index contributed by atoms with van der Waals surface area (Å²) in [6, 6.07) is 9.65. The van der Waals surface area contributed by atoms with E-state index >= 15 is 0 Å². The molecule has 0 aliphatic carbocycles. The number of rotatable bonds is 7. The molecule has 0 bridgehead atoms. The van der Waals surface area contributed by atoms with Crippen LogP contribution in [-0.2, 0) is 0 Å². The molecule has 1 aromatic heterocycles. The first-order chi connectivity index (χ1) is 15.4. The third-order valence-corrected chi connectivity index (χ3v) is 6.34. The molecule has 3 rings (SSSR count). The van der Waals surface area contributed by atoms with Crippen molar-refractivity contribution < 1.29 is 9.59 Å². The number of piperidine rings is 1. The Morgan fingerprint density at radius 2 is 1.88 bits per heavy atom. The van der Waals surface area contributed by atoms with Gasteiger partial charge in [0.2, 0.25) is 0 Å². The number of hydrogen-bond donors (Lipinski definition) is 1. The molecule has 5 nitrogen and oxygen atoms in total. The highest BCUT2D eigenvalue weighted by Crippen LogP contribution is 2.28. The van der Waals surface area contributed by atoms with Crippen molar-refractivity contribution in [2.45, 2.75) is 65.8 Å². The Morgan fingerprint density at radius 3 is 2.50 bits per heavy atom. The molecule has 32 heavy (non-hydrogen) atoms. The van der Waals surface area contributed by atoms with E-state index < -0.39 is 0 Å². The van der Waals surface area contributed by atoms with Crippen LogP contribution in [0.25, 0.3) is 5.57 Å². The topological polar surface area (TPSA) is 62.3 Å². The van der Waals surface area contributed by atoms with Crippen molar-refractivity contribution in [3.05, 3.63) is 70.6 Å². The Morgan fingerprint density at radius 1 is 1.12 bits per heavy atom. The minimum atomic E-state index is -0.0353. The molecule has 1 aromatic carbocycles. The highest BCUT2D eigenvalue weighted by molar-refractivity contribution is 5.96. The van der Waals surface area contributed by atoms with E-state index in [4.69, 9.17) is 0 Å². The molecular weight excluding hydrogens is 398 g/mol. The minimum absolute atomic E-state index is 0.00684. The maximum atomic E-state index is 13.0. The number of nitrogens with zero attached hydrogens (tertiary/aromatic N) is 2. The van der Waals surface area contributed by atoms with Crippen LogP contribution in [0.1, 0.15) is 84.7 Å². The van der Waals surface area contributed by atoms with Gasteiger partial charge in [-0.15, -0.1) is 0 Å². The molecule has 2 amide bonds. The number of amides is 2. The zero-order valence-corrected chi connectivity index (χ0v) is 19.8. The number of likely N-dealkylation sites (tertiary alicyclic amines) is 1. The molecular formula is C27H35N3O2. The number of aromatic nitrogens is 1. The monoisotopic (exact) mass is 433 g/mol. The first kappa shape index (κ1) is 23.7. The van der Waals surface area contributed by atoms with Crippen LogP contribution in [0.15, 0.2) is 48.3 Å². The molecule has 5 heteroatoms. The van der Waals surface area contributed by atoms with Gasteiger partial charge < -0.3 is 10.2 Å². The van der Waals surface area contributed by atoms with Gasteiger partial charge in [0.15, 0.2) is 0 Å². The van der Waals surface area contributed by atoms with Crippen LogP contribution in [-0.4, -0.2) is 40.8 Å². The van der Waals surface area contributed by atoms with Gasteiger partial charge in [-0.3, -0.25) is 14.6 Å². The molecule has 1 fully saturated rings. The number of allylic oxidation sites excluding steroid dienone is 2. The summed E-state index contributed by atoms with van der Waals surface area (Å²) in [5, 5.41) is 3.19. The molecule has 1 aliphatic heterocycles.